The van der Waals surface area contributed by atoms with Crippen molar-refractivity contribution in [1.82, 2.24) is 29.6 Å². The Kier molecular flexibility index (Phi) is 3.39. The minimum atomic E-state index is 0.255. The molecule has 3 aromatic heterocycles. The molecule has 0 bridgehead atoms. The monoisotopic (exact) mass is 344 g/mol. The Balaban J connectivity index is 1.85. The first-order chi connectivity index (χ1) is 11.1. The number of fused-ring (bicyclic) bond motifs is 1. The molecular weight excluding hydrogens is 332 g/mol. The van der Waals surface area contributed by atoms with Gasteiger partial charge in [0.25, 0.3) is 0 Å². The van der Waals surface area contributed by atoms with Gasteiger partial charge in [-0.05, 0) is 24.3 Å². The lowest BCUT2D eigenvalue weighted by atomic mass is 10.2. The van der Waals surface area contributed by atoms with Gasteiger partial charge in [0.1, 0.15) is 5.01 Å². The van der Waals surface area contributed by atoms with Gasteiger partial charge in [-0.2, -0.15) is 14.7 Å². The molecule has 0 saturated heterocycles. The van der Waals surface area contributed by atoms with Gasteiger partial charge >= 0.3 is 0 Å². The largest absolute Gasteiger partial charge is 0.241 e. The molecule has 6 nitrogen and oxygen atoms in total. The zero-order chi connectivity index (χ0) is 16.0. The Morgan fingerprint density at radius 1 is 1.22 bits per heavy atom. The molecule has 0 N–H and O–H groups in total. The first-order valence-corrected chi connectivity index (χ1v) is 8.35. The molecule has 23 heavy (non-hydrogen) atoms. The fraction of sp³-hybridized carbons (Fsp3) is 0.200. The van der Waals surface area contributed by atoms with E-state index in [9.17, 15) is 0 Å². The van der Waals surface area contributed by atoms with Gasteiger partial charge in [-0.15, -0.1) is 10.2 Å². The lowest BCUT2D eigenvalue weighted by molar-refractivity contribution is 0.727. The number of halogens is 1. The Hall–Kier alpha value is -2.25. The summed E-state index contributed by atoms with van der Waals surface area (Å²) in [6.45, 7) is 4.14. The summed E-state index contributed by atoms with van der Waals surface area (Å²) in [5.74, 6) is 1.10. The van der Waals surface area contributed by atoms with Crippen LogP contribution < -0.4 is 0 Å². The average Bonchev–Trinajstić information content (AvgIpc) is 3.23. The van der Waals surface area contributed by atoms with Crippen molar-refractivity contribution in [2.24, 2.45) is 0 Å². The minimum Gasteiger partial charge on any atom is -0.241 e. The maximum absolute atomic E-state index is 6.38. The van der Waals surface area contributed by atoms with E-state index in [-0.39, 0.29) is 5.92 Å². The quantitative estimate of drug-likeness (QED) is 0.567. The lowest BCUT2D eigenvalue weighted by Crippen LogP contribution is -1.98. The Labute approximate surface area is 141 Å². The number of rotatable bonds is 3. The lowest BCUT2D eigenvalue weighted by Gasteiger charge is -2.05. The van der Waals surface area contributed by atoms with Crippen LogP contribution in [0.2, 0.25) is 5.02 Å². The van der Waals surface area contributed by atoms with Gasteiger partial charge in [-0.3, -0.25) is 0 Å². The van der Waals surface area contributed by atoms with E-state index in [1.807, 2.05) is 30.5 Å². The highest BCUT2D eigenvalue weighted by Crippen LogP contribution is 2.33. The molecule has 0 unspecified atom stereocenters. The second-order valence-electron chi connectivity index (χ2n) is 5.43. The molecule has 0 aliphatic rings. The van der Waals surface area contributed by atoms with Crippen LogP contribution in [0.4, 0.5) is 0 Å². The predicted octanol–water partition coefficient (Wildman–Crippen LogP) is 3.82. The third kappa shape index (κ3) is 2.42. The molecule has 116 valence electrons. The summed E-state index contributed by atoms with van der Waals surface area (Å²) in [7, 11) is 0. The zero-order valence-corrected chi connectivity index (χ0v) is 14.1. The molecular formula is C15H13ClN6S. The number of hydrogen-bond donors (Lipinski definition) is 0. The highest BCUT2D eigenvalue weighted by Gasteiger charge is 2.17. The van der Waals surface area contributed by atoms with E-state index in [2.05, 4.69) is 34.2 Å². The summed E-state index contributed by atoms with van der Waals surface area (Å²) in [5, 5.41) is 18.7. The summed E-state index contributed by atoms with van der Waals surface area (Å²) in [6.07, 6.45) is 3.63. The first kappa shape index (κ1) is 14.3. The SMILES string of the molecule is CC(C)c1nnc2sc(-c3cc(-n4cccn4)ccc3Cl)nn12. The van der Waals surface area contributed by atoms with Crippen LogP contribution in [0, 0.1) is 0 Å². The molecule has 4 aromatic rings. The normalized spacial score (nSPS) is 11.7. The predicted molar refractivity (Wildman–Crippen MR) is 90.3 cm³/mol. The number of aromatic nitrogens is 6. The van der Waals surface area contributed by atoms with Crippen LogP contribution in [0.1, 0.15) is 25.6 Å². The Bertz CT molecular complexity index is 969. The standard InChI is InChI=1S/C15H13ClN6S/c1-9(2)13-18-19-15-22(13)20-14(23-15)11-8-10(4-5-12(11)16)21-7-3-6-17-21/h3-9H,1-2H3. The summed E-state index contributed by atoms with van der Waals surface area (Å²) in [6, 6.07) is 7.65. The Morgan fingerprint density at radius 2 is 2.09 bits per heavy atom. The van der Waals surface area contributed by atoms with Crippen LogP contribution in [0.25, 0.3) is 21.2 Å². The summed E-state index contributed by atoms with van der Waals surface area (Å²) in [5.41, 5.74) is 1.80. The number of benzene rings is 1. The maximum Gasteiger partial charge on any atom is 0.234 e. The van der Waals surface area contributed by atoms with Crippen molar-refractivity contribution in [2.45, 2.75) is 19.8 Å². The molecule has 3 heterocycles. The number of nitrogens with zero attached hydrogens (tertiary/aromatic N) is 6. The molecule has 8 heteroatoms. The highest BCUT2D eigenvalue weighted by atomic mass is 35.5. The van der Waals surface area contributed by atoms with Gasteiger partial charge < -0.3 is 0 Å². The van der Waals surface area contributed by atoms with E-state index in [0.29, 0.717) is 5.02 Å². The fourth-order valence-corrected chi connectivity index (χ4v) is 3.48. The topological polar surface area (TPSA) is 60.9 Å². The van der Waals surface area contributed by atoms with Crippen LogP contribution >= 0.6 is 22.9 Å². The second-order valence-corrected chi connectivity index (χ2v) is 6.79. The van der Waals surface area contributed by atoms with Gasteiger partial charge in [-0.25, -0.2) is 4.68 Å². The molecule has 0 saturated carbocycles. The Morgan fingerprint density at radius 3 is 2.83 bits per heavy atom. The smallest absolute Gasteiger partial charge is 0.234 e. The van der Waals surface area contributed by atoms with Crippen molar-refractivity contribution in [3.63, 3.8) is 0 Å². The van der Waals surface area contributed by atoms with Crippen molar-refractivity contribution in [1.29, 1.82) is 0 Å². The van der Waals surface area contributed by atoms with Crippen LogP contribution in [-0.4, -0.2) is 29.6 Å². The van der Waals surface area contributed by atoms with Crippen LogP contribution in [0.3, 0.4) is 0 Å². The molecule has 0 aliphatic heterocycles. The van der Waals surface area contributed by atoms with Gasteiger partial charge in [0.2, 0.25) is 4.96 Å². The van der Waals surface area contributed by atoms with Crippen molar-refractivity contribution in [2.75, 3.05) is 0 Å². The van der Waals surface area contributed by atoms with Crippen molar-refractivity contribution in [3.05, 3.63) is 47.5 Å². The van der Waals surface area contributed by atoms with Gasteiger partial charge in [0.15, 0.2) is 5.82 Å². The van der Waals surface area contributed by atoms with E-state index < -0.39 is 0 Å². The molecule has 1 aromatic carbocycles. The third-order valence-electron chi connectivity index (χ3n) is 3.48. The molecule has 0 radical (unpaired) electrons. The van der Waals surface area contributed by atoms with Gasteiger partial charge in [0.05, 0.1) is 10.7 Å². The molecule has 0 fully saturated rings. The minimum absolute atomic E-state index is 0.255. The van der Waals surface area contributed by atoms with E-state index >= 15 is 0 Å². The second kappa shape index (κ2) is 5.43. The van der Waals surface area contributed by atoms with Crippen molar-refractivity contribution < 1.29 is 0 Å². The van der Waals surface area contributed by atoms with Crippen molar-refractivity contribution >= 4 is 27.9 Å². The van der Waals surface area contributed by atoms with E-state index in [1.54, 1.807) is 15.4 Å². The average molecular weight is 345 g/mol. The summed E-state index contributed by atoms with van der Waals surface area (Å²) < 4.78 is 3.58. The van der Waals surface area contributed by atoms with Crippen LogP contribution in [0.5, 0.6) is 0 Å². The van der Waals surface area contributed by atoms with Crippen LogP contribution in [0.15, 0.2) is 36.7 Å². The molecule has 0 aliphatic carbocycles. The molecule has 0 spiro atoms. The summed E-state index contributed by atoms with van der Waals surface area (Å²) in [4.78, 5) is 0.768. The van der Waals surface area contributed by atoms with E-state index in [1.165, 1.54) is 11.3 Å². The number of hydrogen-bond acceptors (Lipinski definition) is 5. The van der Waals surface area contributed by atoms with Gasteiger partial charge in [0, 0.05) is 23.9 Å². The van der Waals surface area contributed by atoms with Gasteiger partial charge in [-0.1, -0.05) is 36.8 Å². The van der Waals surface area contributed by atoms with E-state index in [0.717, 1.165) is 27.0 Å². The first-order valence-electron chi connectivity index (χ1n) is 7.15. The van der Waals surface area contributed by atoms with Crippen LogP contribution in [-0.2, 0) is 0 Å². The summed E-state index contributed by atoms with van der Waals surface area (Å²) >= 11 is 7.85. The van der Waals surface area contributed by atoms with E-state index in [4.69, 9.17) is 11.6 Å². The molecule has 0 atom stereocenters. The third-order valence-corrected chi connectivity index (χ3v) is 4.74. The molecule has 0 amide bonds. The highest BCUT2D eigenvalue weighted by molar-refractivity contribution is 7.19. The zero-order valence-electron chi connectivity index (χ0n) is 12.5. The maximum atomic E-state index is 6.38. The fourth-order valence-electron chi connectivity index (χ4n) is 2.34. The molecule has 4 rings (SSSR count). The van der Waals surface area contributed by atoms with Crippen molar-refractivity contribution in [3.8, 4) is 16.3 Å².